The number of carbonyl (C=O) groups excluding carboxylic acids is 1. The van der Waals surface area contributed by atoms with Crippen LogP contribution >= 0.6 is 22.6 Å². The van der Waals surface area contributed by atoms with Crippen LogP contribution in [0.3, 0.4) is 0 Å². The van der Waals surface area contributed by atoms with E-state index in [0.717, 1.165) is 6.42 Å². The molecule has 0 amide bonds. The van der Waals surface area contributed by atoms with Crippen molar-refractivity contribution < 1.29 is 4.79 Å². The zero-order chi connectivity index (χ0) is 9.14. The zero-order valence-corrected chi connectivity index (χ0v) is 9.58. The molecule has 12 heavy (non-hydrogen) atoms. The molecule has 3 unspecified atom stereocenters. The Balaban J connectivity index is 2.53. The van der Waals surface area contributed by atoms with Crippen LogP contribution in [0.1, 0.15) is 32.6 Å². The highest BCUT2D eigenvalue weighted by Crippen LogP contribution is 2.32. The van der Waals surface area contributed by atoms with Gasteiger partial charge in [0.1, 0.15) is 5.78 Å². The fourth-order valence-corrected chi connectivity index (χ4v) is 3.07. The Bertz CT molecular complexity index is 172. The number of ketones is 1. The van der Waals surface area contributed by atoms with Crippen molar-refractivity contribution in [1.82, 2.24) is 0 Å². The van der Waals surface area contributed by atoms with E-state index >= 15 is 0 Å². The highest BCUT2D eigenvalue weighted by Gasteiger charge is 2.30. The molecule has 3 heteroatoms. The van der Waals surface area contributed by atoms with Crippen molar-refractivity contribution in [3.63, 3.8) is 0 Å². The minimum absolute atomic E-state index is 0.142. The van der Waals surface area contributed by atoms with Crippen LogP contribution in [0.25, 0.3) is 0 Å². The van der Waals surface area contributed by atoms with Crippen LogP contribution in [0, 0.1) is 5.92 Å². The molecule has 0 bridgehead atoms. The molecule has 3 atom stereocenters. The van der Waals surface area contributed by atoms with Crippen LogP contribution in [0.15, 0.2) is 0 Å². The van der Waals surface area contributed by atoms with Crippen molar-refractivity contribution in [3.05, 3.63) is 0 Å². The fraction of sp³-hybridized carbons (Fsp3) is 0.889. The molecule has 0 saturated heterocycles. The van der Waals surface area contributed by atoms with E-state index in [1.54, 1.807) is 6.92 Å². The van der Waals surface area contributed by atoms with Gasteiger partial charge in [0.15, 0.2) is 0 Å². The molecule has 1 saturated carbocycles. The Morgan fingerprint density at radius 1 is 1.50 bits per heavy atom. The number of nitrogens with two attached hydrogens (primary N) is 1. The molecule has 1 aliphatic carbocycles. The summed E-state index contributed by atoms with van der Waals surface area (Å²) in [7, 11) is 0. The molecular formula is C9H16INO. The molecule has 0 aromatic heterocycles. The normalized spacial score (nSPS) is 32.9. The molecule has 70 valence electrons. The number of rotatable bonds is 2. The van der Waals surface area contributed by atoms with Gasteiger partial charge in [-0.05, 0) is 25.7 Å². The third kappa shape index (κ3) is 2.42. The summed E-state index contributed by atoms with van der Waals surface area (Å²) in [6, 6.07) is -0.216. The van der Waals surface area contributed by atoms with Crippen molar-refractivity contribution in [1.29, 1.82) is 0 Å². The summed E-state index contributed by atoms with van der Waals surface area (Å²) in [4.78, 5) is 11.1. The summed E-state index contributed by atoms with van der Waals surface area (Å²) in [6.07, 6.45) is 4.90. The van der Waals surface area contributed by atoms with E-state index in [0.29, 0.717) is 9.84 Å². The number of hydrogen-bond acceptors (Lipinski definition) is 2. The molecular weight excluding hydrogens is 265 g/mol. The maximum atomic E-state index is 11.1. The fourth-order valence-electron chi connectivity index (χ4n) is 1.82. The molecule has 0 aliphatic heterocycles. The average molecular weight is 281 g/mol. The van der Waals surface area contributed by atoms with Gasteiger partial charge in [-0.2, -0.15) is 0 Å². The van der Waals surface area contributed by atoms with Gasteiger partial charge < -0.3 is 5.73 Å². The molecule has 2 nitrogen and oxygen atoms in total. The van der Waals surface area contributed by atoms with Gasteiger partial charge in [0.25, 0.3) is 0 Å². The third-order valence-corrected chi connectivity index (χ3v) is 4.21. The molecule has 0 aromatic rings. The lowest BCUT2D eigenvalue weighted by molar-refractivity contribution is -0.119. The van der Waals surface area contributed by atoms with E-state index in [-0.39, 0.29) is 11.8 Å². The first-order chi connectivity index (χ1) is 5.63. The largest absolute Gasteiger partial charge is 0.321 e. The van der Waals surface area contributed by atoms with Crippen LogP contribution in [0.4, 0.5) is 0 Å². The van der Waals surface area contributed by atoms with Crippen molar-refractivity contribution in [2.75, 3.05) is 0 Å². The number of carbonyl (C=O) groups is 1. The quantitative estimate of drug-likeness (QED) is 0.620. The maximum absolute atomic E-state index is 11.1. The minimum Gasteiger partial charge on any atom is -0.321 e. The number of halogens is 1. The predicted molar refractivity (Wildman–Crippen MR) is 58.4 cm³/mol. The second-order valence-electron chi connectivity index (χ2n) is 3.60. The molecule has 0 aromatic carbocycles. The molecule has 1 aliphatic rings. The Kier molecular flexibility index (Phi) is 3.96. The van der Waals surface area contributed by atoms with Gasteiger partial charge in [-0.1, -0.05) is 35.4 Å². The molecule has 1 rings (SSSR count). The Hall–Kier alpha value is 0.360. The van der Waals surface area contributed by atoms with Crippen LogP contribution < -0.4 is 5.73 Å². The van der Waals surface area contributed by atoms with Crippen LogP contribution in [-0.2, 0) is 4.79 Å². The lowest BCUT2D eigenvalue weighted by atomic mass is 9.83. The lowest BCUT2D eigenvalue weighted by Crippen LogP contribution is -2.42. The van der Waals surface area contributed by atoms with Gasteiger partial charge >= 0.3 is 0 Å². The van der Waals surface area contributed by atoms with Crippen molar-refractivity contribution in [2.45, 2.75) is 42.6 Å². The van der Waals surface area contributed by atoms with E-state index in [1.807, 2.05) is 0 Å². The summed E-state index contributed by atoms with van der Waals surface area (Å²) in [5, 5.41) is 0. The van der Waals surface area contributed by atoms with Gasteiger partial charge in [0.2, 0.25) is 0 Å². The van der Waals surface area contributed by atoms with Crippen molar-refractivity contribution in [2.24, 2.45) is 11.7 Å². The van der Waals surface area contributed by atoms with Crippen molar-refractivity contribution >= 4 is 28.4 Å². The number of Topliss-reactive ketones (excluding diaryl/α,β-unsaturated/α-hetero) is 1. The second kappa shape index (κ2) is 4.56. The van der Waals surface area contributed by atoms with Crippen LogP contribution in [-0.4, -0.2) is 15.7 Å². The zero-order valence-electron chi connectivity index (χ0n) is 7.42. The highest BCUT2D eigenvalue weighted by atomic mass is 127. The summed E-state index contributed by atoms with van der Waals surface area (Å²) in [6.45, 7) is 1.60. The smallest absolute Gasteiger partial charge is 0.146 e. The first-order valence-electron chi connectivity index (χ1n) is 4.53. The maximum Gasteiger partial charge on any atom is 0.146 e. The van der Waals surface area contributed by atoms with E-state index in [4.69, 9.17) is 5.73 Å². The molecule has 0 radical (unpaired) electrons. The van der Waals surface area contributed by atoms with E-state index in [2.05, 4.69) is 22.6 Å². The second-order valence-corrected chi connectivity index (χ2v) is 5.20. The SMILES string of the molecule is CC(=O)C(N)C1CCCCC1I. The van der Waals surface area contributed by atoms with E-state index in [1.165, 1.54) is 19.3 Å². The minimum atomic E-state index is -0.216. The highest BCUT2D eigenvalue weighted by molar-refractivity contribution is 14.1. The lowest BCUT2D eigenvalue weighted by Gasteiger charge is -2.30. The Morgan fingerprint density at radius 3 is 2.58 bits per heavy atom. The summed E-state index contributed by atoms with van der Waals surface area (Å²) in [5.74, 6) is 0.570. The first kappa shape index (κ1) is 10.4. The summed E-state index contributed by atoms with van der Waals surface area (Å²) < 4.78 is 0.607. The number of alkyl halides is 1. The monoisotopic (exact) mass is 281 g/mol. The standard InChI is InChI=1S/C9H16INO/c1-6(12)9(11)7-4-2-3-5-8(7)10/h7-9H,2-5,11H2,1H3. The Morgan fingerprint density at radius 2 is 2.08 bits per heavy atom. The first-order valence-corrected chi connectivity index (χ1v) is 5.77. The Labute approximate surface area is 87.4 Å². The van der Waals surface area contributed by atoms with Gasteiger partial charge in [-0.3, -0.25) is 4.79 Å². The molecule has 1 fully saturated rings. The van der Waals surface area contributed by atoms with Crippen LogP contribution in [0.5, 0.6) is 0 Å². The third-order valence-electron chi connectivity index (χ3n) is 2.66. The average Bonchev–Trinajstić information content (AvgIpc) is 2.04. The van der Waals surface area contributed by atoms with Gasteiger partial charge in [0, 0.05) is 3.92 Å². The molecule has 0 spiro atoms. The van der Waals surface area contributed by atoms with E-state index in [9.17, 15) is 4.79 Å². The summed E-state index contributed by atoms with van der Waals surface area (Å²) in [5.41, 5.74) is 5.83. The number of hydrogen-bond donors (Lipinski definition) is 1. The van der Waals surface area contributed by atoms with Gasteiger partial charge in [-0.15, -0.1) is 0 Å². The van der Waals surface area contributed by atoms with E-state index < -0.39 is 0 Å². The predicted octanol–water partition coefficient (Wildman–Crippen LogP) is 1.90. The van der Waals surface area contributed by atoms with Crippen LogP contribution in [0.2, 0.25) is 0 Å². The van der Waals surface area contributed by atoms with Gasteiger partial charge in [-0.25, -0.2) is 0 Å². The summed E-state index contributed by atoms with van der Waals surface area (Å²) >= 11 is 2.44. The van der Waals surface area contributed by atoms with Gasteiger partial charge in [0.05, 0.1) is 6.04 Å². The molecule has 2 N–H and O–H groups in total. The molecule has 0 heterocycles. The topological polar surface area (TPSA) is 43.1 Å². The van der Waals surface area contributed by atoms with Crippen molar-refractivity contribution in [3.8, 4) is 0 Å².